The molecular weight excluding hydrogens is 344 g/mol. The summed E-state index contributed by atoms with van der Waals surface area (Å²) in [6.45, 7) is 0.637. The average molecular weight is 364 g/mol. The van der Waals surface area contributed by atoms with Gasteiger partial charge in [0.05, 0.1) is 13.2 Å². The van der Waals surface area contributed by atoms with E-state index >= 15 is 0 Å². The lowest BCUT2D eigenvalue weighted by atomic mass is 9.73. The normalized spacial score (nSPS) is 23.4. The molecule has 0 bridgehead atoms. The number of piperidine rings is 1. The van der Waals surface area contributed by atoms with E-state index in [4.69, 9.17) is 10.5 Å². The van der Waals surface area contributed by atoms with Crippen LogP contribution in [0.15, 0.2) is 24.3 Å². The second-order valence-electron chi connectivity index (χ2n) is 6.14. The number of hydrogen-bond donors (Lipinski definition) is 3. The van der Waals surface area contributed by atoms with Gasteiger partial charge in [-0.15, -0.1) is 10.2 Å². The number of nitrogen functional groups attached to an aromatic ring is 1. The fourth-order valence-electron chi connectivity index (χ4n) is 3.20. The van der Waals surface area contributed by atoms with E-state index in [-0.39, 0.29) is 13.0 Å². The van der Waals surface area contributed by atoms with Gasteiger partial charge in [-0.2, -0.15) is 0 Å². The van der Waals surface area contributed by atoms with Gasteiger partial charge in [-0.1, -0.05) is 23.5 Å². The van der Waals surface area contributed by atoms with Crippen molar-refractivity contribution in [3.05, 3.63) is 29.8 Å². The van der Waals surface area contributed by atoms with E-state index < -0.39 is 17.5 Å². The third-order valence-electron chi connectivity index (χ3n) is 4.56. The van der Waals surface area contributed by atoms with Crippen LogP contribution >= 0.6 is 11.3 Å². The number of nitrogens with two attached hydrogens (primary N) is 1. The highest BCUT2D eigenvalue weighted by Crippen LogP contribution is 2.38. The van der Waals surface area contributed by atoms with Crippen molar-refractivity contribution in [1.29, 1.82) is 0 Å². The number of aromatic nitrogens is 2. The Morgan fingerprint density at radius 1 is 1.52 bits per heavy atom. The fourth-order valence-corrected chi connectivity index (χ4v) is 3.84. The molecule has 1 saturated heterocycles. The van der Waals surface area contributed by atoms with Gasteiger partial charge < -0.3 is 25.6 Å². The molecule has 1 aliphatic heterocycles. The first-order chi connectivity index (χ1) is 11.9. The minimum atomic E-state index is -1.34. The Labute approximate surface area is 148 Å². The van der Waals surface area contributed by atoms with Crippen LogP contribution in [-0.4, -0.2) is 52.7 Å². The summed E-state index contributed by atoms with van der Waals surface area (Å²) in [6, 6.07) is 7.23. The van der Waals surface area contributed by atoms with Crippen molar-refractivity contribution in [3.8, 4) is 5.75 Å². The van der Waals surface area contributed by atoms with E-state index in [2.05, 4.69) is 10.2 Å². The van der Waals surface area contributed by atoms with Crippen molar-refractivity contribution < 1.29 is 19.7 Å². The molecule has 9 heteroatoms. The van der Waals surface area contributed by atoms with Gasteiger partial charge in [0.1, 0.15) is 11.2 Å². The zero-order valence-corrected chi connectivity index (χ0v) is 14.6. The lowest BCUT2D eigenvalue weighted by molar-refractivity contribution is -0.157. The minimum Gasteiger partial charge on any atom is -0.497 e. The highest BCUT2D eigenvalue weighted by molar-refractivity contribution is 7.18. The van der Waals surface area contributed by atoms with Crippen molar-refractivity contribution in [2.75, 3.05) is 30.8 Å². The van der Waals surface area contributed by atoms with Crippen LogP contribution in [0.2, 0.25) is 0 Å². The lowest BCUT2D eigenvalue weighted by Crippen LogP contribution is -2.57. The van der Waals surface area contributed by atoms with E-state index in [9.17, 15) is 15.0 Å². The Morgan fingerprint density at radius 2 is 2.32 bits per heavy atom. The Hall–Kier alpha value is -2.39. The van der Waals surface area contributed by atoms with Gasteiger partial charge in [0, 0.05) is 13.1 Å². The first-order valence-electron chi connectivity index (χ1n) is 7.83. The van der Waals surface area contributed by atoms with E-state index in [0.717, 1.165) is 5.56 Å². The summed E-state index contributed by atoms with van der Waals surface area (Å²) in [7, 11) is 1.56. The predicted octanol–water partition coefficient (Wildman–Crippen LogP) is 1.01. The highest BCUT2D eigenvalue weighted by Gasteiger charge is 2.49. The van der Waals surface area contributed by atoms with Gasteiger partial charge in [0.25, 0.3) is 0 Å². The van der Waals surface area contributed by atoms with Gasteiger partial charge in [-0.3, -0.25) is 4.79 Å². The van der Waals surface area contributed by atoms with E-state index in [0.29, 0.717) is 29.0 Å². The second-order valence-corrected chi connectivity index (χ2v) is 7.13. The van der Waals surface area contributed by atoms with Crippen LogP contribution in [0.25, 0.3) is 0 Å². The molecule has 0 saturated carbocycles. The maximum atomic E-state index is 12.2. The summed E-state index contributed by atoms with van der Waals surface area (Å²) in [4.78, 5) is 14.0. The van der Waals surface area contributed by atoms with Crippen molar-refractivity contribution in [2.45, 2.75) is 18.9 Å². The number of methoxy groups -OCH3 is 1. The molecule has 1 aliphatic rings. The number of carboxylic acids is 1. The summed E-state index contributed by atoms with van der Waals surface area (Å²) in [6.07, 6.45) is -0.445. The summed E-state index contributed by atoms with van der Waals surface area (Å²) in [5, 5.41) is 29.2. The van der Waals surface area contributed by atoms with Crippen LogP contribution in [0.5, 0.6) is 5.75 Å². The second kappa shape index (κ2) is 6.85. The van der Waals surface area contributed by atoms with E-state index in [1.165, 1.54) is 11.3 Å². The largest absolute Gasteiger partial charge is 0.497 e. The molecule has 1 fully saturated rings. The monoisotopic (exact) mass is 364 g/mol. The molecule has 0 spiro atoms. The SMILES string of the molecule is COc1cccc(C[C@@]2(C(=O)O)CN(c3nnc(N)s3)CC[C@H]2O)c1. The van der Waals surface area contributed by atoms with Crippen LogP contribution in [0.3, 0.4) is 0 Å². The van der Waals surface area contributed by atoms with Crippen molar-refractivity contribution >= 4 is 27.6 Å². The number of benzene rings is 1. The number of carboxylic acid groups (broad SMARTS) is 1. The quantitative estimate of drug-likeness (QED) is 0.719. The number of aliphatic hydroxyl groups excluding tert-OH is 1. The number of aliphatic hydroxyl groups is 1. The Bertz CT molecular complexity index is 768. The van der Waals surface area contributed by atoms with Crippen molar-refractivity contribution in [1.82, 2.24) is 10.2 Å². The molecule has 0 radical (unpaired) electrons. The summed E-state index contributed by atoms with van der Waals surface area (Å²) in [5.41, 5.74) is 5.08. The molecule has 3 rings (SSSR count). The molecule has 2 aromatic rings. The first kappa shape index (κ1) is 17.4. The Morgan fingerprint density at radius 3 is 2.96 bits per heavy atom. The summed E-state index contributed by atoms with van der Waals surface area (Å²) >= 11 is 1.21. The molecule has 4 N–H and O–H groups in total. The van der Waals surface area contributed by atoms with Crippen LogP contribution in [0.1, 0.15) is 12.0 Å². The van der Waals surface area contributed by atoms with Gasteiger partial charge in [-0.25, -0.2) is 0 Å². The molecule has 134 valence electrons. The number of rotatable bonds is 5. The van der Waals surface area contributed by atoms with Gasteiger partial charge in [0.2, 0.25) is 10.3 Å². The predicted molar refractivity (Wildman–Crippen MR) is 93.9 cm³/mol. The number of anilines is 2. The number of aliphatic carboxylic acids is 1. The molecule has 1 aromatic heterocycles. The van der Waals surface area contributed by atoms with Crippen LogP contribution in [0.4, 0.5) is 10.3 Å². The zero-order chi connectivity index (χ0) is 18.0. The summed E-state index contributed by atoms with van der Waals surface area (Å²) in [5.74, 6) is -0.387. The lowest BCUT2D eigenvalue weighted by Gasteiger charge is -2.43. The third kappa shape index (κ3) is 3.38. The number of hydrogen-bond acceptors (Lipinski definition) is 8. The average Bonchev–Trinajstić information content (AvgIpc) is 3.03. The van der Waals surface area contributed by atoms with Gasteiger partial charge >= 0.3 is 5.97 Å². The van der Waals surface area contributed by atoms with Crippen LogP contribution in [-0.2, 0) is 11.2 Å². The topological polar surface area (TPSA) is 122 Å². The zero-order valence-electron chi connectivity index (χ0n) is 13.8. The van der Waals surface area contributed by atoms with Gasteiger partial charge in [-0.05, 0) is 30.5 Å². The molecule has 2 atom stereocenters. The highest BCUT2D eigenvalue weighted by atomic mass is 32.1. The van der Waals surface area contributed by atoms with Crippen molar-refractivity contribution in [3.63, 3.8) is 0 Å². The molecule has 0 amide bonds. The fraction of sp³-hybridized carbons (Fsp3) is 0.438. The smallest absolute Gasteiger partial charge is 0.314 e. The van der Waals surface area contributed by atoms with Gasteiger partial charge in [0.15, 0.2) is 0 Å². The maximum absolute atomic E-state index is 12.2. The van der Waals surface area contributed by atoms with Crippen LogP contribution < -0.4 is 15.4 Å². The molecule has 25 heavy (non-hydrogen) atoms. The maximum Gasteiger partial charge on any atom is 0.314 e. The minimum absolute atomic E-state index is 0.134. The standard InChI is InChI=1S/C16H20N4O4S/c1-24-11-4-2-3-10(7-11)8-16(13(22)23)9-20(6-5-12(16)21)15-19-18-14(17)25-15/h2-4,7,12,21H,5-6,8-9H2,1H3,(H2,17,18)(H,22,23)/t12-,16-/m1/s1. The Balaban J connectivity index is 1.91. The summed E-state index contributed by atoms with van der Waals surface area (Å²) < 4.78 is 5.21. The van der Waals surface area contributed by atoms with E-state index in [1.807, 2.05) is 17.0 Å². The molecule has 2 heterocycles. The van der Waals surface area contributed by atoms with Crippen molar-refractivity contribution in [2.24, 2.45) is 5.41 Å². The van der Waals surface area contributed by atoms with Crippen LogP contribution in [0, 0.1) is 5.41 Å². The number of nitrogens with zero attached hydrogens (tertiary/aromatic N) is 3. The third-order valence-corrected chi connectivity index (χ3v) is 5.38. The number of carbonyl (C=O) groups is 1. The first-order valence-corrected chi connectivity index (χ1v) is 8.64. The molecule has 0 aliphatic carbocycles. The Kier molecular flexibility index (Phi) is 4.78. The molecule has 1 aromatic carbocycles. The molecule has 0 unspecified atom stereocenters. The molecular formula is C16H20N4O4S. The van der Waals surface area contributed by atoms with E-state index in [1.54, 1.807) is 19.2 Å². The number of ether oxygens (including phenoxy) is 1. The molecule has 8 nitrogen and oxygen atoms in total.